The highest BCUT2D eigenvalue weighted by atomic mass is 19.1. The van der Waals surface area contributed by atoms with Gasteiger partial charge in [0.1, 0.15) is 5.82 Å². The number of fused-ring (bicyclic) bond motifs is 3. The molecule has 2 aromatic carbocycles. The first-order valence-electron chi connectivity index (χ1n) is 7.78. The fourth-order valence-corrected chi connectivity index (χ4v) is 4.29. The van der Waals surface area contributed by atoms with Crippen LogP contribution in [0.4, 0.5) is 4.39 Å². The number of nitrogens with zero attached hydrogens (tertiary/aromatic N) is 1. The second kappa shape index (κ2) is 4.96. The molecular weight excluding hydrogens is 261 g/mol. The Morgan fingerprint density at radius 2 is 1.86 bits per heavy atom. The van der Waals surface area contributed by atoms with Crippen molar-refractivity contribution in [1.82, 2.24) is 4.90 Å². The second-order valence-electron chi connectivity index (χ2n) is 6.42. The van der Waals surface area contributed by atoms with Crippen LogP contribution in [0.5, 0.6) is 0 Å². The van der Waals surface area contributed by atoms with Crippen molar-refractivity contribution in [2.75, 3.05) is 13.6 Å². The molecule has 21 heavy (non-hydrogen) atoms. The van der Waals surface area contributed by atoms with Crippen LogP contribution in [0.25, 0.3) is 0 Å². The third kappa shape index (κ3) is 2.09. The smallest absolute Gasteiger partial charge is 0.123 e. The van der Waals surface area contributed by atoms with Gasteiger partial charge < -0.3 is 4.90 Å². The van der Waals surface area contributed by atoms with Gasteiger partial charge in [0, 0.05) is 17.9 Å². The fraction of sp³-hybridized carbons (Fsp3) is 0.368. The molecule has 1 nitrogen and oxygen atoms in total. The van der Waals surface area contributed by atoms with E-state index in [0.29, 0.717) is 17.9 Å². The maximum absolute atomic E-state index is 13.6. The Kier molecular flexibility index (Phi) is 3.07. The fourth-order valence-electron chi connectivity index (χ4n) is 4.29. The summed E-state index contributed by atoms with van der Waals surface area (Å²) in [6.45, 7) is 1.17. The molecular formula is C19H20FN. The van der Waals surface area contributed by atoms with Gasteiger partial charge in [-0.3, -0.25) is 0 Å². The van der Waals surface area contributed by atoms with Crippen molar-refractivity contribution in [3.63, 3.8) is 0 Å². The number of hydrogen-bond donors (Lipinski definition) is 0. The highest BCUT2D eigenvalue weighted by Crippen LogP contribution is 2.47. The van der Waals surface area contributed by atoms with E-state index in [4.69, 9.17) is 0 Å². The number of likely N-dealkylation sites (tertiary alicyclic amines) is 1. The first-order chi connectivity index (χ1) is 10.2. The summed E-state index contributed by atoms with van der Waals surface area (Å²) in [5.41, 5.74) is 3.99. The van der Waals surface area contributed by atoms with Crippen LogP contribution in [0.3, 0.4) is 0 Å². The monoisotopic (exact) mass is 281 g/mol. The van der Waals surface area contributed by atoms with E-state index < -0.39 is 0 Å². The number of halogens is 1. The minimum Gasteiger partial charge on any atom is -0.303 e. The van der Waals surface area contributed by atoms with Crippen molar-refractivity contribution in [1.29, 1.82) is 0 Å². The van der Waals surface area contributed by atoms with Crippen molar-refractivity contribution in [2.45, 2.75) is 30.7 Å². The minimum atomic E-state index is -0.133. The zero-order valence-corrected chi connectivity index (χ0v) is 12.3. The Labute approximate surface area is 125 Å². The molecule has 1 saturated heterocycles. The number of hydrogen-bond acceptors (Lipinski definition) is 1. The van der Waals surface area contributed by atoms with Crippen LogP contribution in [-0.4, -0.2) is 24.5 Å². The lowest BCUT2D eigenvalue weighted by molar-refractivity contribution is 0.265. The van der Waals surface area contributed by atoms with E-state index in [1.54, 1.807) is 6.07 Å². The quantitative estimate of drug-likeness (QED) is 0.759. The molecule has 1 heterocycles. The van der Waals surface area contributed by atoms with E-state index in [2.05, 4.69) is 42.3 Å². The predicted molar refractivity (Wildman–Crippen MR) is 83.1 cm³/mol. The molecule has 108 valence electrons. The van der Waals surface area contributed by atoms with Gasteiger partial charge in [-0.05, 0) is 55.3 Å². The third-order valence-corrected chi connectivity index (χ3v) is 5.32. The molecule has 1 aliphatic carbocycles. The van der Waals surface area contributed by atoms with Crippen LogP contribution in [0.15, 0.2) is 48.5 Å². The number of rotatable bonds is 1. The molecule has 0 saturated carbocycles. The minimum absolute atomic E-state index is 0.133. The van der Waals surface area contributed by atoms with Crippen LogP contribution in [-0.2, 0) is 0 Å². The van der Waals surface area contributed by atoms with E-state index in [9.17, 15) is 4.39 Å². The number of likely N-dealkylation sites (N-methyl/N-ethyl adjacent to an activating group) is 1. The molecule has 0 amide bonds. The van der Waals surface area contributed by atoms with Gasteiger partial charge in [-0.15, -0.1) is 0 Å². The molecule has 3 atom stereocenters. The zero-order valence-electron chi connectivity index (χ0n) is 12.3. The van der Waals surface area contributed by atoms with Crippen molar-refractivity contribution >= 4 is 0 Å². The van der Waals surface area contributed by atoms with Crippen molar-refractivity contribution in [3.05, 3.63) is 71.0 Å². The molecule has 0 radical (unpaired) electrons. The van der Waals surface area contributed by atoms with E-state index in [1.807, 2.05) is 6.07 Å². The summed E-state index contributed by atoms with van der Waals surface area (Å²) < 4.78 is 13.6. The average molecular weight is 281 g/mol. The standard InChI is InChI=1S/C19H20FN/c1-21-10-9-17-15-7-2-3-8-16(15)18(12-19(17)21)13-5-4-6-14(20)11-13/h2-8,11,17-19H,9-10,12H2,1H3/t17-,18-,19-/m1/s1. The van der Waals surface area contributed by atoms with E-state index in [0.717, 1.165) is 12.0 Å². The molecule has 2 aliphatic rings. The van der Waals surface area contributed by atoms with Crippen molar-refractivity contribution in [3.8, 4) is 0 Å². The third-order valence-electron chi connectivity index (χ3n) is 5.32. The van der Waals surface area contributed by atoms with Gasteiger partial charge in [-0.25, -0.2) is 4.39 Å². The lowest BCUT2D eigenvalue weighted by Crippen LogP contribution is -2.34. The normalized spacial score (nSPS) is 28.2. The Hall–Kier alpha value is -1.67. The molecule has 0 spiro atoms. The first kappa shape index (κ1) is 13.0. The van der Waals surface area contributed by atoms with Crippen LogP contribution in [0, 0.1) is 5.82 Å². The summed E-state index contributed by atoms with van der Waals surface area (Å²) in [5, 5.41) is 0. The molecule has 0 aromatic heterocycles. The molecule has 1 fully saturated rings. The highest BCUT2D eigenvalue weighted by molar-refractivity contribution is 5.44. The molecule has 0 N–H and O–H groups in total. The van der Waals surface area contributed by atoms with Gasteiger partial charge >= 0.3 is 0 Å². The van der Waals surface area contributed by atoms with E-state index in [-0.39, 0.29) is 5.82 Å². The van der Waals surface area contributed by atoms with Gasteiger partial charge in [0.05, 0.1) is 0 Å². The Balaban J connectivity index is 1.83. The van der Waals surface area contributed by atoms with Crippen molar-refractivity contribution in [2.24, 2.45) is 0 Å². The molecule has 2 aromatic rings. The summed E-state index contributed by atoms with van der Waals surface area (Å²) in [7, 11) is 2.22. The topological polar surface area (TPSA) is 3.24 Å². The maximum atomic E-state index is 13.6. The van der Waals surface area contributed by atoms with Crippen LogP contribution in [0.1, 0.15) is 41.4 Å². The average Bonchev–Trinajstić information content (AvgIpc) is 2.88. The lowest BCUT2D eigenvalue weighted by Gasteiger charge is -2.37. The first-order valence-corrected chi connectivity index (χ1v) is 7.78. The lowest BCUT2D eigenvalue weighted by atomic mass is 9.71. The second-order valence-corrected chi connectivity index (χ2v) is 6.42. The van der Waals surface area contributed by atoms with E-state index in [1.165, 1.54) is 30.2 Å². The summed E-state index contributed by atoms with van der Waals surface area (Å²) in [6.07, 6.45) is 2.34. The van der Waals surface area contributed by atoms with Gasteiger partial charge in [0.2, 0.25) is 0 Å². The Bertz CT molecular complexity index is 666. The number of benzene rings is 2. The summed E-state index contributed by atoms with van der Waals surface area (Å²) in [6, 6.07) is 16.5. The molecule has 0 unspecified atom stereocenters. The molecule has 1 aliphatic heterocycles. The van der Waals surface area contributed by atoms with Gasteiger partial charge in [-0.1, -0.05) is 36.4 Å². The van der Waals surface area contributed by atoms with Crippen molar-refractivity contribution < 1.29 is 4.39 Å². The van der Waals surface area contributed by atoms with Crippen LogP contribution in [0.2, 0.25) is 0 Å². The highest BCUT2D eigenvalue weighted by Gasteiger charge is 2.40. The summed E-state index contributed by atoms with van der Waals surface area (Å²) in [5.74, 6) is 0.835. The van der Waals surface area contributed by atoms with Gasteiger partial charge in [0.15, 0.2) is 0 Å². The Morgan fingerprint density at radius 1 is 1.05 bits per heavy atom. The maximum Gasteiger partial charge on any atom is 0.123 e. The molecule has 0 bridgehead atoms. The largest absolute Gasteiger partial charge is 0.303 e. The zero-order chi connectivity index (χ0) is 14.4. The van der Waals surface area contributed by atoms with Gasteiger partial charge in [0.25, 0.3) is 0 Å². The van der Waals surface area contributed by atoms with E-state index >= 15 is 0 Å². The molecule has 4 rings (SSSR count). The summed E-state index contributed by atoms with van der Waals surface area (Å²) >= 11 is 0. The Morgan fingerprint density at radius 3 is 2.67 bits per heavy atom. The van der Waals surface area contributed by atoms with Crippen LogP contribution >= 0.6 is 0 Å². The van der Waals surface area contributed by atoms with Gasteiger partial charge in [-0.2, -0.15) is 0 Å². The predicted octanol–water partition coefficient (Wildman–Crippen LogP) is 4.15. The summed E-state index contributed by atoms with van der Waals surface area (Å²) in [4.78, 5) is 2.48. The molecule has 2 heteroatoms. The van der Waals surface area contributed by atoms with Crippen LogP contribution < -0.4 is 0 Å². The SMILES string of the molecule is CN1CC[C@@H]2c3ccccc3[C@@H](c3cccc(F)c3)C[C@H]21.